The first-order valence-electron chi connectivity index (χ1n) is 12.7. The van der Waals surface area contributed by atoms with E-state index in [2.05, 4.69) is 19.4 Å². The molecule has 1 aliphatic heterocycles. The van der Waals surface area contributed by atoms with Crippen LogP contribution in [0, 0.1) is 11.7 Å². The molecule has 0 radical (unpaired) electrons. The summed E-state index contributed by atoms with van der Waals surface area (Å²) in [6.45, 7) is 4.19. The number of carbonyl (C=O) groups is 1. The largest absolute Gasteiger partial charge is 0.453 e. The van der Waals surface area contributed by atoms with E-state index in [-0.39, 0.29) is 18.0 Å². The van der Waals surface area contributed by atoms with E-state index in [1.807, 2.05) is 19.3 Å². The number of hydrogen-bond acceptors (Lipinski definition) is 7. The maximum Gasteiger partial charge on any atom is 0.166 e. The van der Waals surface area contributed by atoms with Crippen molar-refractivity contribution in [3.63, 3.8) is 0 Å². The smallest absolute Gasteiger partial charge is 0.166 e. The Kier molecular flexibility index (Phi) is 6.75. The molecular formula is C28H29FN4O3S. The van der Waals surface area contributed by atoms with Crippen LogP contribution in [-0.2, 0) is 29.5 Å². The van der Waals surface area contributed by atoms with Crippen molar-refractivity contribution in [1.29, 1.82) is 0 Å². The Labute approximate surface area is 218 Å². The number of Topliss-reactive ketones (excluding diaryl/α,β-unsaturated/α-hetero) is 1. The number of pyridine rings is 1. The number of halogens is 1. The van der Waals surface area contributed by atoms with Crippen LogP contribution in [-0.4, -0.2) is 51.5 Å². The molecule has 192 valence electrons. The van der Waals surface area contributed by atoms with Gasteiger partial charge in [-0.2, -0.15) is 0 Å². The van der Waals surface area contributed by atoms with Crippen LogP contribution in [0.2, 0.25) is 0 Å². The van der Waals surface area contributed by atoms with Gasteiger partial charge in [0.25, 0.3) is 0 Å². The maximum atomic E-state index is 14.9. The zero-order valence-corrected chi connectivity index (χ0v) is 21.6. The molecule has 6 rings (SSSR count). The molecule has 2 aliphatic rings. The fourth-order valence-corrected chi connectivity index (χ4v) is 5.81. The number of hydrogen-bond donors (Lipinski definition) is 0. The topological polar surface area (TPSA) is 69.5 Å². The number of nitrogens with zero attached hydrogens (tertiary/aromatic N) is 4. The minimum absolute atomic E-state index is 0.130. The molecule has 0 spiro atoms. The summed E-state index contributed by atoms with van der Waals surface area (Å²) in [5.41, 5.74) is 2.59. The van der Waals surface area contributed by atoms with Gasteiger partial charge >= 0.3 is 0 Å². The van der Waals surface area contributed by atoms with Crippen molar-refractivity contribution in [3.8, 4) is 22.2 Å². The van der Waals surface area contributed by atoms with Crippen molar-refractivity contribution < 1.29 is 18.7 Å². The van der Waals surface area contributed by atoms with Crippen molar-refractivity contribution in [1.82, 2.24) is 19.4 Å². The molecule has 1 aliphatic carbocycles. The van der Waals surface area contributed by atoms with Gasteiger partial charge in [0.15, 0.2) is 11.6 Å². The molecule has 0 amide bonds. The van der Waals surface area contributed by atoms with Gasteiger partial charge in [-0.3, -0.25) is 14.7 Å². The zero-order valence-electron chi connectivity index (χ0n) is 20.8. The third kappa shape index (κ3) is 5.44. The first-order chi connectivity index (χ1) is 18.0. The SMILES string of the molecule is Cn1c(CN2CCOCC2)cnc1-c1cc2nccc(Oc3ccc(CC(=O)CC4CC4)cc3F)c2s1. The van der Waals surface area contributed by atoms with Crippen LogP contribution >= 0.6 is 11.3 Å². The Morgan fingerprint density at radius 2 is 2.00 bits per heavy atom. The Morgan fingerprint density at radius 3 is 2.78 bits per heavy atom. The van der Waals surface area contributed by atoms with E-state index in [9.17, 15) is 9.18 Å². The summed E-state index contributed by atoms with van der Waals surface area (Å²) in [6, 6.07) is 8.52. The summed E-state index contributed by atoms with van der Waals surface area (Å²) in [4.78, 5) is 24.7. The quantitative estimate of drug-likeness (QED) is 0.296. The van der Waals surface area contributed by atoms with Gasteiger partial charge in [-0.05, 0) is 42.5 Å². The average molecular weight is 521 g/mol. The molecule has 0 bridgehead atoms. The fraction of sp³-hybridized carbons (Fsp3) is 0.393. The molecule has 1 saturated carbocycles. The average Bonchev–Trinajstić information content (AvgIpc) is 3.47. The van der Waals surface area contributed by atoms with Gasteiger partial charge in [0.05, 0.1) is 40.2 Å². The summed E-state index contributed by atoms with van der Waals surface area (Å²) in [6.07, 6.45) is 6.71. The number of benzene rings is 1. The summed E-state index contributed by atoms with van der Waals surface area (Å²) >= 11 is 1.53. The number of imidazole rings is 1. The second-order valence-corrected chi connectivity index (χ2v) is 10.9. The highest BCUT2D eigenvalue weighted by atomic mass is 32.1. The van der Waals surface area contributed by atoms with Gasteiger partial charge in [-0.25, -0.2) is 9.37 Å². The fourth-order valence-electron chi connectivity index (χ4n) is 4.71. The van der Waals surface area contributed by atoms with Crippen molar-refractivity contribution in [3.05, 3.63) is 59.8 Å². The minimum atomic E-state index is -0.477. The van der Waals surface area contributed by atoms with E-state index in [1.54, 1.807) is 24.4 Å². The highest BCUT2D eigenvalue weighted by molar-refractivity contribution is 7.22. The van der Waals surface area contributed by atoms with Crippen LogP contribution in [0.3, 0.4) is 0 Å². The van der Waals surface area contributed by atoms with Crippen molar-refractivity contribution in [2.75, 3.05) is 26.3 Å². The number of ether oxygens (including phenoxy) is 2. The number of aromatic nitrogens is 3. The number of carbonyl (C=O) groups excluding carboxylic acids is 1. The summed E-state index contributed by atoms with van der Waals surface area (Å²) in [5, 5.41) is 0. The Hall–Kier alpha value is -3.14. The van der Waals surface area contributed by atoms with Gasteiger partial charge < -0.3 is 14.0 Å². The zero-order chi connectivity index (χ0) is 25.4. The lowest BCUT2D eigenvalue weighted by Crippen LogP contribution is -2.36. The molecule has 0 unspecified atom stereocenters. The molecule has 3 aromatic heterocycles. The third-order valence-corrected chi connectivity index (χ3v) is 8.14. The molecule has 4 heterocycles. The van der Waals surface area contributed by atoms with Crippen molar-refractivity contribution in [2.24, 2.45) is 13.0 Å². The van der Waals surface area contributed by atoms with Crippen molar-refractivity contribution >= 4 is 27.3 Å². The normalized spacial score (nSPS) is 16.4. The van der Waals surface area contributed by atoms with Gasteiger partial charge in [0.1, 0.15) is 17.4 Å². The standard InChI is InChI=1S/C28H29FN4O3S/c1-32-20(17-33-8-10-35-11-9-33)16-31-28(32)26-15-23-27(37-26)25(6-7-30-23)36-24-5-4-19(14-22(24)29)13-21(34)12-18-2-3-18/h4-7,14-16,18H,2-3,8-13,17H2,1H3. The molecular weight excluding hydrogens is 491 g/mol. The van der Waals surface area contributed by atoms with Gasteiger partial charge in [0.2, 0.25) is 0 Å². The van der Waals surface area contributed by atoms with E-state index in [4.69, 9.17) is 9.47 Å². The second kappa shape index (κ2) is 10.3. The monoisotopic (exact) mass is 520 g/mol. The Morgan fingerprint density at radius 1 is 1.16 bits per heavy atom. The van der Waals surface area contributed by atoms with Crippen LogP contribution in [0.4, 0.5) is 4.39 Å². The van der Waals surface area contributed by atoms with Gasteiger partial charge in [0, 0.05) is 51.8 Å². The number of rotatable bonds is 9. The van der Waals surface area contributed by atoms with Gasteiger partial charge in [-0.15, -0.1) is 11.3 Å². The molecule has 9 heteroatoms. The lowest BCUT2D eigenvalue weighted by Gasteiger charge is -2.26. The first-order valence-corrected chi connectivity index (χ1v) is 13.5. The van der Waals surface area contributed by atoms with E-state index in [1.165, 1.54) is 17.4 Å². The number of morpholine rings is 1. The second-order valence-electron chi connectivity index (χ2n) is 9.88. The van der Waals surface area contributed by atoms with E-state index in [0.29, 0.717) is 23.7 Å². The van der Waals surface area contributed by atoms with E-state index >= 15 is 0 Å². The van der Waals surface area contributed by atoms with E-state index < -0.39 is 5.82 Å². The van der Waals surface area contributed by atoms with Gasteiger partial charge in [-0.1, -0.05) is 6.07 Å². The Balaban J connectivity index is 1.20. The molecule has 0 N–H and O–H groups in total. The molecule has 1 aromatic carbocycles. The molecule has 37 heavy (non-hydrogen) atoms. The lowest BCUT2D eigenvalue weighted by atomic mass is 10.0. The predicted octanol–water partition coefficient (Wildman–Crippen LogP) is 5.37. The molecule has 2 fully saturated rings. The number of thiophene rings is 1. The molecule has 4 aromatic rings. The van der Waals surface area contributed by atoms with Crippen LogP contribution in [0.5, 0.6) is 11.5 Å². The maximum absolute atomic E-state index is 14.9. The van der Waals surface area contributed by atoms with Crippen molar-refractivity contribution in [2.45, 2.75) is 32.2 Å². The van der Waals surface area contributed by atoms with Crippen LogP contribution in [0.1, 0.15) is 30.5 Å². The van der Waals surface area contributed by atoms with Crippen LogP contribution < -0.4 is 4.74 Å². The number of ketones is 1. The predicted molar refractivity (Wildman–Crippen MR) is 140 cm³/mol. The summed E-state index contributed by atoms with van der Waals surface area (Å²) < 4.78 is 29.3. The molecule has 7 nitrogen and oxygen atoms in total. The third-order valence-electron chi connectivity index (χ3n) is 7.00. The highest BCUT2D eigenvalue weighted by Gasteiger charge is 2.24. The first kappa shape index (κ1) is 24.2. The van der Waals surface area contributed by atoms with Crippen LogP contribution in [0.25, 0.3) is 20.9 Å². The molecule has 1 saturated heterocycles. The highest BCUT2D eigenvalue weighted by Crippen LogP contribution is 2.39. The molecule has 0 atom stereocenters. The summed E-state index contributed by atoms with van der Waals surface area (Å²) in [5.74, 6) is 1.76. The van der Waals surface area contributed by atoms with E-state index in [0.717, 1.165) is 72.3 Å². The summed E-state index contributed by atoms with van der Waals surface area (Å²) in [7, 11) is 2.03. The number of fused-ring (bicyclic) bond motifs is 1. The minimum Gasteiger partial charge on any atom is -0.453 e. The van der Waals surface area contributed by atoms with Crippen LogP contribution in [0.15, 0.2) is 42.7 Å². The Bertz CT molecular complexity index is 1440. The lowest BCUT2D eigenvalue weighted by molar-refractivity contribution is -0.118.